The van der Waals surface area contributed by atoms with Gasteiger partial charge < -0.3 is 10.2 Å². The smallest absolute Gasteiger partial charge is 0.259 e. The molecule has 0 aliphatic carbocycles. The minimum Gasteiger partial charge on any atom is -0.354 e. The molecule has 204 valence electrons. The molecular formula is C33H32ClN3O3. The van der Waals surface area contributed by atoms with Crippen LogP contribution >= 0.6 is 11.6 Å². The van der Waals surface area contributed by atoms with E-state index >= 15 is 0 Å². The van der Waals surface area contributed by atoms with Gasteiger partial charge in [-0.3, -0.25) is 19.3 Å². The van der Waals surface area contributed by atoms with Gasteiger partial charge in [-0.1, -0.05) is 92.2 Å². The minimum atomic E-state index is -0.778. The van der Waals surface area contributed by atoms with Crippen LogP contribution in [0.2, 0.25) is 5.02 Å². The number of hydrogen-bond donors (Lipinski definition) is 1. The Morgan fingerprint density at radius 3 is 2.27 bits per heavy atom. The van der Waals surface area contributed by atoms with Gasteiger partial charge in [0.2, 0.25) is 11.8 Å². The first-order chi connectivity index (χ1) is 19.3. The van der Waals surface area contributed by atoms with Crippen molar-refractivity contribution in [2.75, 3.05) is 18.0 Å². The number of carbonyl (C=O) groups is 3. The Kier molecular flexibility index (Phi) is 8.17. The van der Waals surface area contributed by atoms with Crippen molar-refractivity contribution >= 4 is 45.8 Å². The normalized spacial score (nSPS) is 13.1. The van der Waals surface area contributed by atoms with Gasteiger partial charge in [-0.15, -0.1) is 0 Å². The molecule has 1 N–H and O–H groups in total. The molecule has 0 unspecified atom stereocenters. The SMILES string of the molecule is CC(C)CNC(=O)[C@H](Cc1ccccc1)N(Cc1ccc(Cl)cc1)C(=O)CN1C(=O)c2cccc3cccc1c23. The van der Waals surface area contributed by atoms with Crippen molar-refractivity contribution in [3.63, 3.8) is 0 Å². The van der Waals surface area contributed by atoms with Crippen LogP contribution in [0.25, 0.3) is 10.8 Å². The highest BCUT2D eigenvalue weighted by Gasteiger charge is 2.35. The first kappa shape index (κ1) is 27.4. The summed E-state index contributed by atoms with van der Waals surface area (Å²) in [5.74, 6) is -0.495. The zero-order chi connectivity index (χ0) is 28.2. The Hall–Kier alpha value is -4.16. The molecule has 0 radical (unpaired) electrons. The molecular weight excluding hydrogens is 522 g/mol. The molecule has 0 spiro atoms. The number of hydrogen-bond acceptors (Lipinski definition) is 3. The van der Waals surface area contributed by atoms with Gasteiger partial charge in [0.15, 0.2) is 0 Å². The van der Waals surface area contributed by atoms with Crippen molar-refractivity contribution in [2.24, 2.45) is 5.92 Å². The van der Waals surface area contributed by atoms with E-state index in [2.05, 4.69) is 5.32 Å². The number of benzene rings is 4. The lowest BCUT2D eigenvalue weighted by Gasteiger charge is -2.33. The molecule has 0 fully saturated rings. The van der Waals surface area contributed by atoms with E-state index in [4.69, 9.17) is 11.6 Å². The fourth-order valence-corrected chi connectivity index (χ4v) is 5.25. The highest BCUT2D eigenvalue weighted by Crippen LogP contribution is 2.37. The van der Waals surface area contributed by atoms with Crippen LogP contribution in [0.1, 0.15) is 35.3 Å². The van der Waals surface area contributed by atoms with Crippen LogP contribution in [0.4, 0.5) is 5.69 Å². The van der Waals surface area contributed by atoms with Crippen LogP contribution in [-0.2, 0) is 22.6 Å². The van der Waals surface area contributed by atoms with Crippen LogP contribution < -0.4 is 10.2 Å². The highest BCUT2D eigenvalue weighted by molar-refractivity contribution is 6.30. The Labute approximate surface area is 239 Å². The average molecular weight is 554 g/mol. The highest BCUT2D eigenvalue weighted by atomic mass is 35.5. The van der Waals surface area contributed by atoms with Crippen molar-refractivity contribution in [2.45, 2.75) is 32.9 Å². The Morgan fingerprint density at radius 1 is 0.875 bits per heavy atom. The summed E-state index contributed by atoms with van der Waals surface area (Å²) in [6.07, 6.45) is 0.341. The number of nitrogens with one attached hydrogen (secondary N) is 1. The van der Waals surface area contributed by atoms with Gasteiger partial charge in [-0.25, -0.2) is 0 Å². The van der Waals surface area contributed by atoms with Gasteiger partial charge in [0.1, 0.15) is 12.6 Å². The van der Waals surface area contributed by atoms with E-state index in [9.17, 15) is 14.4 Å². The lowest BCUT2D eigenvalue weighted by molar-refractivity contribution is -0.140. The molecule has 1 aliphatic heterocycles. The van der Waals surface area contributed by atoms with Crippen molar-refractivity contribution in [3.05, 3.63) is 113 Å². The van der Waals surface area contributed by atoms with Gasteiger partial charge >= 0.3 is 0 Å². The van der Waals surface area contributed by atoms with Gasteiger partial charge in [-0.05, 0) is 46.7 Å². The molecule has 1 aliphatic rings. The first-order valence-electron chi connectivity index (χ1n) is 13.5. The molecule has 6 nitrogen and oxygen atoms in total. The van der Waals surface area contributed by atoms with Crippen LogP contribution in [0.15, 0.2) is 91.0 Å². The van der Waals surface area contributed by atoms with Crippen LogP contribution in [0.3, 0.4) is 0 Å². The summed E-state index contributed by atoms with van der Waals surface area (Å²) in [7, 11) is 0. The summed E-state index contributed by atoms with van der Waals surface area (Å²) >= 11 is 6.13. The van der Waals surface area contributed by atoms with Crippen molar-refractivity contribution in [1.82, 2.24) is 10.2 Å². The molecule has 4 aromatic carbocycles. The molecule has 1 heterocycles. The van der Waals surface area contributed by atoms with E-state index in [0.29, 0.717) is 29.2 Å². The summed E-state index contributed by atoms with van der Waals surface area (Å²) in [4.78, 5) is 44.4. The third-order valence-electron chi connectivity index (χ3n) is 7.16. The molecule has 40 heavy (non-hydrogen) atoms. The molecule has 1 atom stereocenters. The predicted octanol–water partition coefficient (Wildman–Crippen LogP) is 5.87. The number of nitrogens with zero attached hydrogens (tertiary/aromatic N) is 2. The fourth-order valence-electron chi connectivity index (χ4n) is 5.13. The Balaban J connectivity index is 1.50. The van der Waals surface area contributed by atoms with Gasteiger partial charge in [-0.2, -0.15) is 0 Å². The molecule has 7 heteroatoms. The summed E-state index contributed by atoms with van der Waals surface area (Å²) in [6, 6.07) is 27.5. The maximum absolute atomic E-state index is 14.2. The maximum atomic E-state index is 14.2. The van der Waals surface area contributed by atoms with E-state index < -0.39 is 6.04 Å². The lowest BCUT2D eigenvalue weighted by Crippen LogP contribution is -2.53. The average Bonchev–Trinajstić information content (AvgIpc) is 3.23. The third-order valence-corrected chi connectivity index (χ3v) is 7.42. The van der Waals surface area contributed by atoms with E-state index in [0.717, 1.165) is 21.9 Å². The number of amides is 3. The summed E-state index contributed by atoms with van der Waals surface area (Å²) < 4.78 is 0. The van der Waals surface area contributed by atoms with Gasteiger partial charge in [0, 0.05) is 35.5 Å². The second kappa shape index (κ2) is 11.9. The van der Waals surface area contributed by atoms with E-state index in [1.165, 1.54) is 4.90 Å². The number of anilines is 1. The largest absolute Gasteiger partial charge is 0.354 e. The number of rotatable bonds is 10. The van der Waals surface area contributed by atoms with Crippen LogP contribution in [0.5, 0.6) is 0 Å². The van der Waals surface area contributed by atoms with Crippen molar-refractivity contribution in [1.29, 1.82) is 0 Å². The number of carbonyl (C=O) groups excluding carboxylic acids is 3. The topological polar surface area (TPSA) is 69.7 Å². The van der Waals surface area contributed by atoms with E-state index in [1.807, 2.05) is 86.6 Å². The predicted molar refractivity (Wildman–Crippen MR) is 159 cm³/mol. The van der Waals surface area contributed by atoms with Crippen molar-refractivity contribution in [3.8, 4) is 0 Å². The zero-order valence-corrected chi connectivity index (χ0v) is 23.4. The third kappa shape index (κ3) is 5.87. The monoisotopic (exact) mass is 553 g/mol. The Morgan fingerprint density at radius 2 is 1.57 bits per heavy atom. The fraction of sp³-hybridized carbons (Fsp3) is 0.242. The van der Waals surface area contributed by atoms with E-state index in [-0.39, 0.29) is 36.7 Å². The maximum Gasteiger partial charge on any atom is 0.259 e. The summed E-state index contributed by atoms with van der Waals surface area (Å²) in [6.45, 7) is 4.57. The molecule has 0 bridgehead atoms. The molecule has 0 saturated heterocycles. The van der Waals surface area contributed by atoms with Gasteiger partial charge in [0.25, 0.3) is 5.91 Å². The number of halogens is 1. The first-order valence-corrected chi connectivity index (χ1v) is 13.9. The minimum absolute atomic E-state index is 0.178. The second-order valence-electron chi connectivity index (χ2n) is 10.6. The second-order valence-corrected chi connectivity index (χ2v) is 11.0. The molecule has 5 rings (SSSR count). The Bertz CT molecular complexity index is 1530. The van der Waals surface area contributed by atoms with E-state index in [1.54, 1.807) is 23.1 Å². The van der Waals surface area contributed by atoms with Crippen LogP contribution in [-0.4, -0.2) is 41.8 Å². The summed E-state index contributed by atoms with van der Waals surface area (Å²) in [5.41, 5.74) is 3.07. The standard InChI is InChI=1S/C33H32ClN3O3/c1-22(2)19-35-32(39)29(18-23-8-4-3-5-9-23)36(20-24-14-16-26(34)17-15-24)30(38)21-37-28-13-7-11-25-10-6-12-27(31(25)28)33(37)40/h3-17,22,29H,18-21H2,1-2H3,(H,35,39)/t29-/m0/s1. The van der Waals surface area contributed by atoms with Crippen molar-refractivity contribution < 1.29 is 14.4 Å². The van der Waals surface area contributed by atoms with Crippen LogP contribution in [0, 0.1) is 5.92 Å². The summed E-state index contributed by atoms with van der Waals surface area (Å²) in [5, 5.41) is 5.42. The molecule has 0 aromatic heterocycles. The zero-order valence-electron chi connectivity index (χ0n) is 22.6. The molecule has 3 amide bonds. The molecule has 4 aromatic rings. The quantitative estimate of drug-likeness (QED) is 0.267. The lowest BCUT2D eigenvalue weighted by atomic mass is 10.0. The molecule has 0 saturated carbocycles. The van der Waals surface area contributed by atoms with Gasteiger partial charge in [0.05, 0.1) is 5.69 Å².